The number of methoxy groups -OCH3 is 3. The molecule has 0 saturated carbocycles. The van der Waals surface area contributed by atoms with Gasteiger partial charge in [0.25, 0.3) is 5.91 Å². The van der Waals surface area contributed by atoms with Crippen LogP contribution in [0.3, 0.4) is 0 Å². The van der Waals surface area contributed by atoms with Crippen molar-refractivity contribution in [2.75, 3.05) is 34.5 Å². The lowest BCUT2D eigenvalue weighted by atomic mass is 10.1. The quantitative estimate of drug-likeness (QED) is 0.504. The van der Waals surface area contributed by atoms with Gasteiger partial charge in [-0.1, -0.05) is 28.9 Å². The van der Waals surface area contributed by atoms with E-state index in [-0.39, 0.29) is 12.5 Å². The van der Waals surface area contributed by atoms with Gasteiger partial charge in [-0.25, -0.2) is 0 Å². The van der Waals surface area contributed by atoms with Crippen molar-refractivity contribution in [1.82, 2.24) is 10.1 Å². The number of aromatic nitrogens is 1. The Morgan fingerprint density at radius 3 is 2.60 bits per heavy atom. The summed E-state index contributed by atoms with van der Waals surface area (Å²) in [5, 5.41) is 4.52. The summed E-state index contributed by atoms with van der Waals surface area (Å²) in [7, 11) is 4.75. The number of amides is 1. The van der Waals surface area contributed by atoms with Gasteiger partial charge in [-0.2, -0.15) is 0 Å². The van der Waals surface area contributed by atoms with Crippen LogP contribution in [0, 0.1) is 0 Å². The fraction of sp³-hybridized carbons (Fsp3) is 0.273. The topological polar surface area (TPSA) is 74.0 Å². The van der Waals surface area contributed by atoms with Crippen molar-refractivity contribution in [2.24, 2.45) is 0 Å². The predicted molar refractivity (Wildman–Crippen MR) is 113 cm³/mol. The van der Waals surface area contributed by atoms with E-state index in [1.807, 2.05) is 12.1 Å². The first-order chi connectivity index (χ1) is 14.6. The smallest absolute Gasteiger partial charge is 0.255 e. The number of benzene rings is 2. The Balaban J connectivity index is 1.84. The number of hydrogen-bond donors (Lipinski definition) is 0. The molecule has 0 aliphatic heterocycles. The molecule has 3 rings (SSSR count). The lowest BCUT2D eigenvalue weighted by molar-refractivity contribution is 0.0676. The molecule has 8 heteroatoms. The molecule has 3 aromatic rings. The molecule has 0 aliphatic carbocycles. The summed E-state index contributed by atoms with van der Waals surface area (Å²) < 4.78 is 21.3. The van der Waals surface area contributed by atoms with Crippen molar-refractivity contribution in [2.45, 2.75) is 6.54 Å². The van der Waals surface area contributed by atoms with Crippen LogP contribution in [0.2, 0.25) is 5.02 Å². The summed E-state index contributed by atoms with van der Waals surface area (Å²) in [6.07, 6.45) is 0. The maximum atomic E-state index is 13.0. The van der Waals surface area contributed by atoms with Crippen molar-refractivity contribution < 1.29 is 23.5 Å². The molecule has 0 aliphatic rings. The van der Waals surface area contributed by atoms with Gasteiger partial charge in [0.05, 0.1) is 43.5 Å². The third-order valence-electron chi connectivity index (χ3n) is 4.54. The van der Waals surface area contributed by atoms with E-state index in [4.69, 9.17) is 30.3 Å². The molecular weight excluding hydrogens is 408 g/mol. The van der Waals surface area contributed by atoms with E-state index in [2.05, 4.69) is 5.16 Å². The number of carbonyl (C=O) groups is 1. The molecule has 7 nitrogen and oxygen atoms in total. The number of carbonyl (C=O) groups excluding carboxylic acids is 1. The van der Waals surface area contributed by atoms with Crippen LogP contribution >= 0.6 is 11.6 Å². The minimum Gasteiger partial charge on any atom is -0.497 e. The normalized spacial score (nSPS) is 10.7. The van der Waals surface area contributed by atoms with E-state index in [1.165, 1.54) is 0 Å². The van der Waals surface area contributed by atoms with Crippen LogP contribution in [0.25, 0.3) is 11.3 Å². The van der Waals surface area contributed by atoms with E-state index < -0.39 is 0 Å². The molecule has 0 bridgehead atoms. The van der Waals surface area contributed by atoms with Crippen LogP contribution < -0.4 is 9.47 Å². The molecule has 1 heterocycles. The molecule has 0 saturated heterocycles. The number of rotatable bonds is 9. The summed E-state index contributed by atoms with van der Waals surface area (Å²) in [5.41, 5.74) is 1.76. The van der Waals surface area contributed by atoms with E-state index >= 15 is 0 Å². The van der Waals surface area contributed by atoms with Crippen molar-refractivity contribution in [3.63, 3.8) is 0 Å². The van der Waals surface area contributed by atoms with Gasteiger partial charge in [-0.15, -0.1) is 0 Å². The first kappa shape index (κ1) is 21.7. The van der Waals surface area contributed by atoms with Gasteiger partial charge in [-0.3, -0.25) is 4.79 Å². The maximum Gasteiger partial charge on any atom is 0.255 e. The summed E-state index contributed by atoms with van der Waals surface area (Å²) in [5.74, 6) is 1.59. The molecule has 0 spiro atoms. The SMILES string of the molecule is COCCN(Cc1cc(-c2ccc(OC)cc2OC)on1)C(=O)c1ccccc1Cl. The largest absolute Gasteiger partial charge is 0.497 e. The van der Waals surface area contributed by atoms with Crippen molar-refractivity contribution in [3.8, 4) is 22.8 Å². The molecule has 0 fully saturated rings. The Hall–Kier alpha value is -3.03. The number of ether oxygens (including phenoxy) is 3. The first-order valence-electron chi connectivity index (χ1n) is 9.28. The number of halogens is 1. The Morgan fingerprint density at radius 1 is 1.10 bits per heavy atom. The lowest BCUT2D eigenvalue weighted by Gasteiger charge is -2.21. The van der Waals surface area contributed by atoms with E-state index in [9.17, 15) is 4.79 Å². The molecule has 30 heavy (non-hydrogen) atoms. The Morgan fingerprint density at radius 2 is 1.90 bits per heavy atom. The van der Waals surface area contributed by atoms with Gasteiger partial charge in [-0.05, 0) is 24.3 Å². The zero-order valence-electron chi connectivity index (χ0n) is 17.1. The third-order valence-corrected chi connectivity index (χ3v) is 4.87. The van der Waals surface area contributed by atoms with Crippen LogP contribution in [0.15, 0.2) is 53.1 Å². The molecular formula is C22H23ClN2O5. The lowest BCUT2D eigenvalue weighted by Crippen LogP contribution is -2.33. The van der Waals surface area contributed by atoms with Gasteiger partial charge in [0.2, 0.25) is 0 Å². The Bertz CT molecular complexity index is 1000. The molecule has 0 radical (unpaired) electrons. The summed E-state index contributed by atoms with van der Waals surface area (Å²) in [4.78, 5) is 14.6. The third kappa shape index (κ3) is 4.93. The molecule has 2 aromatic carbocycles. The standard InChI is InChI=1S/C22H23ClN2O5/c1-27-11-10-25(22(26)17-6-4-5-7-19(17)23)14-15-12-21(30-24-15)18-9-8-16(28-2)13-20(18)29-3/h4-9,12-13H,10-11,14H2,1-3H3. The highest BCUT2D eigenvalue weighted by Crippen LogP contribution is 2.33. The molecule has 0 atom stereocenters. The Labute approximate surface area is 180 Å². The monoisotopic (exact) mass is 430 g/mol. The van der Waals surface area contributed by atoms with Crippen LogP contribution in [-0.2, 0) is 11.3 Å². The van der Waals surface area contributed by atoms with Crippen molar-refractivity contribution in [3.05, 3.63) is 64.8 Å². The summed E-state index contributed by atoms with van der Waals surface area (Å²) in [6, 6.07) is 14.1. The zero-order chi connectivity index (χ0) is 21.5. The highest BCUT2D eigenvalue weighted by Gasteiger charge is 2.21. The second-order valence-corrected chi connectivity index (χ2v) is 6.86. The second-order valence-electron chi connectivity index (χ2n) is 6.45. The number of nitrogens with zero attached hydrogens (tertiary/aromatic N) is 2. The predicted octanol–water partition coefficient (Wildman–Crippen LogP) is 4.30. The first-order valence-corrected chi connectivity index (χ1v) is 9.66. The summed E-state index contributed by atoms with van der Waals surface area (Å²) >= 11 is 6.21. The Kier molecular flexibility index (Phi) is 7.32. The van der Waals surface area contributed by atoms with Gasteiger partial charge in [0.15, 0.2) is 5.76 Å². The fourth-order valence-corrected chi connectivity index (χ4v) is 3.19. The van der Waals surface area contributed by atoms with Crippen LogP contribution in [0.4, 0.5) is 0 Å². The van der Waals surface area contributed by atoms with Crippen LogP contribution in [-0.4, -0.2) is 50.4 Å². The molecule has 1 amide bonds. The van der Waals surface area contributed by atoms with Gasteiger partial charge < -0.3 is 23.6 Å². The average Bonchev–Trinajstić information content (AvgIpc) is 3.24. The zero-order valence-corrected chi connectivity index (χ0v) is 17.8. The fourth-order valence-electron chi connectivity index (χ4n) is 2.97. The molecule has 158 valence electrons. The van der Waals surface area contributed by atoms with E-state index in [0.717, 1.165) is 5.56 Å². The van der Waals surface area contributed by atoms with Crippen LogP contribution in [0.1, 0.15) is 16.1 Å². The van der Waals surface area contributed by atoms with Gasteiger partial charge >= 0.3 is 0 Å². The van der Waals surface area contributed by atoms with Crippen LogP contribution in [0.5, 0.6) is 11.5 Å². The number of hydrogen-bond acceptors (Lipinski definition) is 6. The average molecular weight is 431 g/mol. The highest BCUT2D eigenvalue weighted by molar-refractivity contribution is 6.33. The second kappa shape index (κ2) is 10.1. The van der Waals surface area contributed by atoms with E-state index in [0.29, 0.717) is 46.7 Å². The maximum absolute atomic E-state index is 13.0. The highest BCUT2D eigenvalue weighted by atomic mass is 35.5. The minimum atomic E-state index is -0.204. The minimum absolute atomic E-state index is 0.204. The van der Waals surface area contributed by atoms with Gasteiger partial charge in [0.1, 0.15) is 17.2 Å². The van der Waals surface area contributed by atoms with Gasteiger partial charge in [0, 0.05) is 25.8 Å². The van der Waals surface area contributed by atoms with Crippen molar-refractivity contribution in [1.29, 1.82) is 0 Å². The molecule has 0 N–H and O–H groups in total. The summed E-state index contributed by atoms with van der Waals surface area (Å²) in [6.45, 7) is 1.01. The van der Waals surface area contributed by atoms with Crippen molar-refractivity contribution >= 4 is 17.5 Å². The van der Waals surface area contributed by atoms with E-state index in [1.54, 1.807) is 62.6 Å². The molecule has 1 aromatic heterocycles. The molecule has 0 unspecified atom stereocenters.